The molecule has 1 N–H and O–H groups in total. The summed E-state index contributed by atoms with van der Waals surface area (Å²) < 4.78 is 0. The van der Waals surface area contributed by atoms with Gasteiger partial charge in [-0.05, 0) is 24.6 Å². The Kier molecular flexibility index (Phi) is 6.23. The summed E-state index contributed by atoms with van der Waals surface area (Å²) in [6.45, 7) is 2.40. The van der Waals surface area contributed by atoms with Crippen LogP contribution >= 0.6 is 0 Å². The van der Waals surface area contributed by atoms with Crippen molar-refractivity contribution in [3.05, 3.63) is 59.7 Å². The van der Waals surface area contributed by atoms with Crippen LogP contribution in [0, 0.1) is 0 Å². The standard InChI is InChI=1S/C16H20N2O2/c1-4-5-6-7-15(19)18(3)12-13-8-10-14(11-9-13)16(20)17-2/h4-11H,12H2,1-3H3,(H,17,20)/b5-4+,7-6+. The van der Waals surface area contributed by atoms with Gasteiger partial charge < -0.3 is 10.2 Å². The molecule has 0 unspecified atom stereocenters. The van der Waals surface area contributed by atoms with Crippen LogP contribution in [0.1, 0.15) is 22.8 Å². The third kappa shape index (κ3) is 4.72. The van der Waals surface area contributed by atoms with Crippen LogP contribution in [0.3, 0.4) is 0 Å². The van der Waals surface area contributed by atoms with Crippen LogP contribution in [-0.2, 0) is 11.3 Å². The van der Waals surface area contributed by atoms with E-state index in [4.69, 9.17) is 0 Å². The predicted octanol–water partition coefficient (Wildman–Crippen LogP) is 2.14. The third-order valence-corrected chi connectivity index (χ3v) is 2.78. The number of rotatable bonds is 5. The number of likely N-dealkylation sites (N-methyl/N-ethyl adjacent to an activating group) is 1. The van der Waals surface area contributed by atoms with E-state index in [1.807, 2.05) is 31.2 Å². The van der Waals surface area contributed by atoms with Gasteiger partial charge in [0.05, 0.1) is 0 Å². The number of hydrogen-bond acceptors (Lipinski definition) is 2. The fraction of sp³-hybridized carbons (Fsp3) is 0.250. The Morgan fingerprint density at radius 2 is 1.85 bits per heavy atom. The van der Waals surface area contributed by atoms with Crippen molar-refractivity contribution in [1.82, 2.24) is 10.2 Å². The molecular formula is C16H20N2O2. The molecule has 0 aliphatic heterocycles. The minimum absolute atomic E-state index is 0.0570. The largest absolute Gasteiger partial charge is 0.355 e. The Bertz CT molecular complexity index is 516. The van der Waals surface area contributed by atoms with Crippen molar-refractivity contribution in [1.29, 1.82) is 0 Å². The number of nitrogens with one attached hydrogen (secondary N) is 1. The molecule has 0 atom stereocenters. The molecule has 20 heavy (non-hydrogen) atoms. The van der Waals surface area contributed by atoms with Crippen LogP contribution in [0.25, 0.3) is 0 Å². The fourth-order valence-electron chi connectivity index (χ4n) is 1.63. The molecule has 0 aromatic heterocycles. The summed E-state index contributed by atoms with van der Waals surface area (Å²) in [5.74, 6) is -0.172. The summed E-state index contributed by atoms with van der Waals surface area (Å²) in [7, 11) is 3.34. The topological polar surface area (TPSA) is 49.4 Å². The van der Waals surface area contributed by atoms with Crippen molar-refractivity contribution in [3.63, 3.8) is 0 Å². The number of carbonyl (C=O) groups excluding carboxylic acids is 2. The monoisotopic (exact) mass is 272 g/mol. The van der Waals surface area contributed by atoms with E-state index in [-0.39, 0.29) is 11.8 Å². The maximum absolute atomic E-state index is 11.8. The first-order chi connectivity index (χ1) is 9.58. The molecule has 0 heterocycles. The summed E-state index contributed by atoms with van der Waals surface area (Å²) in [5, 5.41) is 2.57. The van der Waals surface area contributed by atoms with Crippen molar-refractivity contribution in [2.45, 2.75) is 13.5 Å². The lowest BCUT2D eigenvalue weighted by Crippen LogP contribution is -2.24. The van der Waals surface area contributed by atoms with E-state index in [0.29, 0.717) is 12.1 Å². The smallest absolute Gasteiger partial charge is 0.251 e. The molecule has 1 rings (SSSR count). The van der Waals surface area contributed by atoms with Crippen LogP contribution < -0.4 is 5.32 Å². The fourth-order valence-corrected chi connectivity index (χ4v) is 1.63. The number of nitrogens with zero attached hydrogens (tertiary/aromatic N) is 1. The average Bonchev–Trinajstić information content (AvgIpc) is 2.47. The number of benzene rings is 1. The zero-order valence-corrected chi connectivity index (χ0v) is 12.1. The number of amides is 2. The molecule has 1 aromatic rings. The number of hydrogen-bond donors (Lipinski definition) is 1. The third-order valence-electron chi connectivity index (χ3n) is 2.78. The normalized spacial score (nSPS) is 10.9. The predicted molar refractivity (Wildman–Crippen MR) is 80.3 cm³/mol. The first-order valence-electron chi connectivity index (χ1n) is 6.44. The van der Waals surface area contributed by atoms with E-state index < -0.39 is 0 Å². The van der Waals surface area contributed by atoms with E-state index in [0.717, 1.165) is 5.56 Å². The second kappa shape index (κ2) is 7.94. The Balaban J connectivity index is 2.64. The molecule has 0 aliphatic rings. The molecule has 4 heteroatoms. The lowest BCUT2D eigenvalue weighted by Gasteiger charge is -2.15. The highest BCUT2D eigenvalue weighted by atomic mass is 16.2. The summed E-state index contributed by atoms with van der Waals surface area (Å²) in [6, 6.07) is 7.21. The van der Waals surface area contributed by atoms with Crippen LogP contribution in [-0.4, -0.2) is 30.8 Å². The highest BCUT2D eigenvalue weighted by Crippen LogP contribution is 2.07. The Morgan fingerprint density at radius 3 is 2.40 bits per heavy atom. The molecule has 0 saturated heterocycles. The molecule has 0 radical (unpaired) electrons. The Morgan fingerprint density at radius 1 is 1.20 bits per heavy atom. The van der Waals surface area contributed by atoms with Gasteiger partial charge in [-0.3, -0.25) is 9.59 Å². The van der Waals surface area contributed by atoms with Gasteiger partial charge in [-0.25, -0.2) is 0 Å². The van der Waals surface area contributed by atoms with Gasteiger partial charge in [0, 0.05) is 32.3 Å². The molecular weight excluding hydrogens is 252 g/mol. The van der Waals surface area contributed by atoms with Gasteiger partial charge >= 0.3 is 0 Å². The van der Waals surface area contributed by atoms with Crippen molar-refractivity contribution >= 4 is 11.8 Å². The second-order valence-corrected chi connectivity index (χ2v) is 4.36. The summed E-state index contributed by atoms with van der Waals surface area (Å²) in [6.07, 6.45) is 6.91. The number of allylic oxidation sites excluding steroid dienone is 3. The summed E-state index contributed by atoms with van der Waals surface area (Å²) in [5.41, 5.74) is 1.59. The SMILES string of the molecule is C/C=C/C=C/C(=O)N(C)Cc1ccc(C(=O)NC)cc1. The van der Waals surface area contributed by atoms with Gasteiger partial charge in [-0.2, -0.15) is 0 Å². The van der Waals surface area contributed by atoms with E-state index in [1.54, 1.807) is 37.2 Å². The first kappa shape index (κ1) is 15.7. The minimum Gasteiger partial charge on any atom is -0.355 e. The zero-order chi connectivity index (χ0) is 15.0. The van der Waals surface area contributed by atoms with Gasteiger partial charge in [0.2, 0.25) is 5.91 Å². The van der Waals surface area contributed by atoms with Crippen LogP contribution in [0.5, 0.6) is 0 Å². The van der Waals surface area contributed by atoms with Crippen LogP contribution in [0.15, 0.2) is 48.6 Å². The molecule has 0 aliphatic carbocycles. The molecule has 4 nitrogen and oxygen atoms in total. The van der Waals surface area contributed by atoms with Gasteiger partial charge in [-0.1, -0.05) is 30.4 Å². The second-order valence-electron chi connectivity index (χ2n) is 4.36. The maximum Gasteiger partial charge on any atom is 0.251 e. The molecule has 2 amide bonds. The van der Waals surface area contributed by atoms with Crippen LogP contribution in [0.4, 0.5) is 0 Å². The Labute approximate surface area is 119 Å². The van der Waals surface area contributed by atoms with E-state index >= 15 is 0 Å². The molecule has 0 fully saturated rings. The first-order valence-corrected chi connectivity index (χ1v) is 6.44. The lowest BCUT2D eigenvalue weighted by atomic mass is 10.1. The molecule has 0 spiro atoms. The molecule has 0 bridgehead atoms. The van der Waals surface area contributed by atoms with E-state index in [9.17, 15) is 9.59 Å². The highest BCUT2D eigenvalue weighted by Gasteiger charge is 2.07. The lowest BCUT2D eigenvalue weighted by molar-refractivity contribution is -0.125. The maximum atomic E-state index is 11.8. The van der Waals surface area contributed by atoms with Gasteiger partial charge in [0.25, 0.3) is 5.91 Å². The van der Waals surface area contributed by atoms with Gasteiger partial charge in [-0.15, -0.1) is 0 Å². The Hall–Kier alpha value is -2.36. The molecule has 0 saturated carbocycles. The van der Waals surface area contributed by atoms with E-state index in [1.165, 1.54) is 6.08 Å². The van der Waals surface area contributed by atoms with Gasteiger partial charge in [0.1, 0.15) is 0 Å². The van der Waals surface area contributed by atoms with Crippen molar-refractivity contribution in [2.75, 3.05) is 14.1 Å². The van der Waals surface area contributed by atoms with E-state index in [2.05, 4.69) is 5.32 Å². The zero-order valence-electron chi connectivity index (χ0n) is 12.1. The summed E-state index contributed by atoms with van der Waals surface area (Å²) >= 11 is 0. The highest BCUT2D eigenvalue weighted by molar-refractivity contribution is 5.94. The van der Waals surface area contributed by atoms with Crippen molar-refractivity contribution in [3.8, 4) is 0 Å². The van der Waals surface area contributed by atoms with Gasteiger partial charge in [0.15, 0.2) is 0 Å². The average molecular weight is 272 g/mol. The minimum atomic E-state index is -0.115. The van der Waals surface area contributed by atoms with Crippen molar-refractivity contribution in [2.24, 2.45) is 0 Å². The molecule has 106 valence electrons. The van der Waals surface area contributed by atoms with Crippen molar-refractivity contribution < 1.29 is 9.59 Å². The summed E-state index contributed by atoms with van der Waals surface area (Å²) in [4.78, 5) is 24.8. The molecule has 1 aromatic carbocycles. The van der Waals surface area contributed by atoms with Crippen LogP contribution in [0.2, 0.25) is 0 Å². The quantitative estimate of drug-likeness (QED) is 0.659. The number of carbonyl (C=O) groups is 2.